The van der Waals surface area contributed by atoms with Gasteiger partial charge in [0, 0.05) is 56.6 Å². The molecule has 0 aliphatic carbocycles. The Hall–Kier alpha value is -2.16. The standard InChI is InChI=1S/C23H32N4O2.HI/c1-24-23(25-12-7-10-18-8-5-4-6-9-18)26-19-11-13-27(17-19)20-14-21(28-2)16-22(15-20)29-3;/h4-6,8-9,14-16,19H,7,10-13,17H2,1-3H3,(H2,24,25,26);1H. The number of guanidine groups is 1. The van der Waals surface area contributed by atoms with E-state index in [9.17, 15) is 0 Å². The molecule has 1 fully saturated rings. The molecule has 30 heavy (non-hydrogen) atoms. The maximum Gasteiger partial charge on any atom is 0.191 e. The molecule has 1 unspecified atom stereocenters. The smallest absolute Gasteiger partial charge is 0.191 e. The van der Waals surface area contributed by atoms with Crippen LogP contribution in [0.25, 0.3) is 0 Å². The zero-order valence-electron chi connectivity index (χ0n) is 18.1. The second-order valence-electron chi connectivity index (χ2n) is 7.23. The van der Waals surface area contributed by atoms with Crippen molar-refractivity contribution in [3.8, 4) is 11.5 Å². The Morgan fingerprint density at radius 2 is 1.80 bits per heavy atom. The number of hydrogen-bond donors (Lipinski definition) is 2. The lowest BCUT2D eigenvalue weighted by Gasteiger charge is -2.21. The number of nitrogens with one attached hydrogen (secondary N) is 2. The highest BCUT2D eigenvalue weighted by atomic mass is 127. The van der Waals surface area contributed by atoms with E-state index in [4.69, 9.17) is 9.47 Å². The molecule has 1 saturated heterocycles. The van der Waals surface area contributed by atoms with Crippen LogP contribution in [0, 0.1) is 0 Å². The Labute approximate surface area is 197 Å². The number of nitrogens with zero attached hydrogens (tertiary/aromatic N) is 2. The van der Waals surface area contributed by atoms with Crippen molar-refractivity contribution in [3.63, 3.8) is 0 Å². The lowest BCUT2D eigenvalue weighted by molar-refractivity contribution is 0.394. The Morgan fingerprint density at radius 3 is 2.43 bits per heavy atom. The van der Waals surface area contributed by atoms with Crippen molar-refractivity contribution in [2.24, 2.45) is 4.99 Å². The van der Waals surface area contributed by atoms with Crippen molar-refractivity contribution in [3.05, 3.63) is 54.1 Å². The van der Waals surface area contributed by atoms with Crippen LogP contribution in [0.1, 0.15) is 18.4 Å². The summed E-state index contributed by atoms with van der Waals surface area (Å²) < 4.78 is 10.8. The summed E-state index contributed by atoms with van der Waals surface area (Å²) in [7, 11) is 5.19. The summed E-state index contributed by atoms with van der Waals surface area (Å²) in [5.41, 5.74) is 2.49. The number of hydrogen-bond acceptors (Lipinski definition) is 4. The molecule has 6 nitrogen and oxygen atoms in total. The molecule has 7 heteroatoms. The molecule has 1 aliphatic rings. The fraction of sp³-hybridized carbons (Fsp3) is 0.435. The van der Waals surface area contributed by atoms with Gasteiger partial charge in [0.15, 0.2) is 5.96 Å². The van der Waals surface area contributed by atoms with E-state index in [1.165, 1.54) is 5.56 Å². The zero-order chi connectivity index (χ0) is 20.5. The average Bonchev–Trinajstić information content (AvgIpc) is 3.24. The first-order valence-electron chi connectivity index (χ1n) is 10.2. The van der Waals surface area contributed by atoms with Crippen LogP contribution >= 0.6 is 24.0 Å². The van der Waals surface area contributed by atoms with Crippen LogP contribution in [0.5, 0.6) is 11.5 Å². The molecule has 164 valence electrons. The van der Waals surface area contributed by atoms with Gasteiger partial charge in [0.1, 0.15) is 11.5 Å². The van der Waals surface area contributed by atoms with Gasteiger partial charge in [-0.2, -0.15) is 0 Å². The average molecular weight is 524 g/mol. The SMILES string of the molecule is CN=C(NCCCc1ccccc1)NC1CCN(c2cc(OC)cc(OC)c2)C1.I. The van der Waals surface area contributed by atoms with Gasteiger partial charge in [0.05, 0.1) is 14.2 Å². The third-order valence-corrected chi connectivity index (χ3v) is 5.23. The van der Waals surface area contributed by atoms with Crippen LogP contribution in [0.3, 0.4) is 0 Å². The Bertz CT molecular complexity index is 779. The first kappa shape index (κ1) is 24.1. The molecule has 0 amide bonds. The fourth-order valence-electron chi connectivity index (χ4n) is 3.62. The third kappa shape index (κ3) is 6.97. The van der Waals surface area contributed by atoms with Crippen LogP contribution in [0.15, 0.2) is 53.5 Å². The number of halogens is 1. The molecule has 1 heterocycles. The van der Waals surface area contributed by atoms with Crippen LogP contribution in [-0.4, -0.2) is 52.9 Å². The van der Waals surface area contributed by atoms with Crippen molar-refractivity contribution < 1.29 is 9.47 Å². The number of rotatable bonds is 8. The van der Waals surface area contributed by atoms with Crippen molar-refractivity contribution in [1.29, 1.82) is 0 Å². The molecular weight excluding hydrogens is 491 g/mol. The molecule has 2 N–H and O–H groups in total. The maximum absolute atomic E-state index is 5.40. The number of aliphatic imine (C=N–C) groups is 1. The van der Waals surface area contributed by atoms with E-state index in [0.29, 0.717) is 6.04 Å². The summed E-state index contributed by atoms with van der Waals surface area (Å²) in [6.07, 6.45) is 3.20. The third-order valence-electron chi connectivity index (χ3n) is 5.23. The minimum absolute atomic E-state index is 0. The van der Waals surface area contributed by atoms with Gasteiger partial charge in [-0.25, -0.2) is 0 Å². The van der Waals surface area contributed by atoms with Gasteiger partial charge < -0.3 is 25.0 Å². The Kier molecular flexibility index (Phi) is 10.1. The zero-order valence-corrected chi connectivity index (χ0v) is 20.4. The van der Waals surface area contributed by atoms with Gasteiger partial charge in [0.2, 0.25) is 0 Å². The summed E-state index contributed by atoms with van der Waals surface area (Å²) in [6, 6.07) is 17.0. The summed E-state index contributed by atoms with van der Waals surface area (Å²) in [5, 5.41) is 6.99. The van der Waals surface area contributed by atoms with E-state index in [-0.39, 0.29) is 24.0 Å². The summed E-state index contributed by atoms with van der Waals surface area (Å²) in [4.78, 5) is 6.74. The highest BCUT2D eigenvalue weighted by molar-refractivity contribution is 14.0. The number of aryl methyl sites for hydroxylation is 1. The molecule has 2 aromatic carbocycles. The molecule has 0 bridgehead atoms. The quantitative estimate of drug-likeness (QED) is 0.239. The number of methoxy groups -OCH3 is 2. The van der Waals surface area contributed by atoms with Crippen molar-refractivity contribution in [2.45, 2.75) is 25.3 Å². The molecule has 1 atom stereocenters. The minimum atomic E-state index is 0. The molecule has 0 saturated carbocycles. The predicted octanol–water partition coefficient (Wildman–Crippen LogP) is 3.70. The summed E-state index contributed by atoms with van der Waals surface area (Å²) >= 11 is 0. The van der Waals surface area contributed by atoms with Crippen LogP contribution in [0.4, 0.5) is 5.69 Å². The molecule has 0 spiro atoms. The highest BCUT2D eigenvalue weighted by Gasteiger charge is 2.24. The van der Waals surface area contributed by atoms with Gasteiger partial charge in [0.25, 0.3) is 0 Å². The predicted molar refractivity (Wildman–Crippen MR) is 135 cm³/mol. The van der Waals surface area contributed by atoms with Gasteiger partial charge in [-0.15, -0.1) is 24.0 Å². The molecule has 2 aromatic rings. The maximum atomic E-state index is 5.40. The van der Waals surface area contributed by atoms with Crippen LogP contribution < -0.4 is 25.0 Å². The summed E-state index contributed by atoms with van der Waals surface area (Å²) in [5.74, 6) is 2.49. The van der Waals surface area contributed by atoms with Crippen molar-refractivity contribution in [1.82, 2.24) is 10.6 Å². The number of ether oxygens (including phenoxy) is 2. The lowest BCUT2D eigenvalue weighted by atomic mass is 10.1. The fourth-order valence-corrected chi connectivity index (χ4v) is 3.62. The van der Waals surface area contributed by atoms with E-state index in [1.54, 1.807) is 14.2 Å². The normalized spacial score (nSPS) is 16.0. The van der Waals surface area contributed by atoms with Gasteiger partial charge >= 0.3 is 0 Å². The van der Waals surface area contributed by atoms with E-state index in [1.807, 2.05) is 13.1 Å². The van der Waals surface area contributed by atoms with E-state index >= 15 is 0 Å². The van der Waals surface area contributed by atoms with Crippen LogP contribution in [-0.2, 0) is 6.42 Å². The topological polar surface area (TPSA) is 58.1 Å². The second kappa shape index (κ2) is 12.5. The molecule has 0 radical (unpaired) electrons. The van der Waals surface area contributed by atoms with E-state index in [0.717, 1.165) is 62.0 Å². The van der Waals surface area contributed by atoms with Gasteiger partial charge in [-0.3, -0.25) is 4.99 Å². The number of benzene rings is 2. The molecule has 3 rings (SSSR count). The lowest BCUT2D eigenvalue weighted by Crippen LogP contribution is -2.44. The molecular formula is C23H33IN4O2. The number of anilines is 1. The summed E-state index contributed by atoms with van der Waals surface area (Å²) in [6.45, 7) is 2.80. The van der Waals surface area contributed by atoms with Crippen LogP contribution in [0.2, 0.25) is 0 Å². The van der Waals surface area contributed by atoms with E-state index in [2.05, 4.69) is 63.0 Å². The minimum Gasteiger partial charge on any atom is -0.497 e. The first-order valence-corrected chi connectivity index (χ1v) is 10.2. The molecule has 1 aliphatic heterocycles. The first-order chi connectivity index (χ1) is 14.2. The van der Waals surface area contributed by atoms with Gasteiger partial charge in [-0.1, -0.05) is 30.3 Å². The second-order valence-corrected chi connectivity index (χ2v) is 7.23. The van der Waals surface area contributed by atoms with Crippen molar-refractivity contribution >= 4 is 35.6 Å². The van der Waals surface area contributed by atoms with E-state index < -0.39 is 0 Å². The largest absolute Gasteiger partial charge is 0.497 e. The monoisotopic (exact) mass is 524 g/mol. The van der Waals surface area contributed by atoms with Gasteiger partial charge in [-0.05, 0) is 24.8 Å². The Balaban J connectivity index is 0.00000320. The highest BCUT2D eigenvalue weighted by Crippen LogP contribution is 2.30. The van der Waals surface area contributed by atoms with Crippen molar-refractivity contribution in [2.75, 3.05) is 45.8 Å². The Morgan fingerprint density at radius 1 is 1.10 bits per heavy atom. The molecule has 0 aromatic heterocycles.